The van der Waals surface area contributed by atoms with Gasteiger partial charge in [0.25, 0.3) is 0 Å². The molecule has 104 valence electrons. The van der Waals surface area contributed by atoms with Gasteiger partial charge in [-0.25, -0.2) is 0 Å². The molecule has 0 bridgehead atoms. The molecule has 2 nitrogen and oxygen atoms in total. The minimum absolute atomic E-state index is 0.304. The van der Waals surface area contributed by atoms with Crippen molar-refractivity contribution in [2.45, 2.75) is 51.9 Å². The Balaban J connectivity index is 3.26. The van der Waals surface area contributed by atoms with Gasteiger partial charge in [-0.2, -0.15) is 0 Å². The highest BCUT2D eigenvalue weighted by Gasteiger charge is 1.87. The van der Waals surface area contributed by atoms with E-state index in [0.29, 0.717) is 6.79 Å². The van der Waals surface area contributed by atoms with E-state index < -0.39 is 0 Å². The summed E-state index contributed by atoms with van der Waals surface area (Å²) >= 11 is 0. The SMILES string of the molecule is CCCCCCCC/C=C/C=C/C=C/OCOC. The van der Waals surface area contributed by atoms with E-state index in [9.17, 15) is 0 Å². The van der Waals surface area contributed by atoms with Crippen molar-refractivity contribution in [3.63, 3.8) is 0 Å². The highest BCUT2D eigenvalue weighted by molar-refractivity contribution is 5.09. The highest BCUT2D eigenvalue weighted by Crippen LogP contribution is 2.07. The van der Waals surface area contributed by atoms with E-state index in [-0.39, 0.29) is 0 Å². The third kappa shape index (κ3) is 15.0. The summed E-state index contributed by atoms with van der Waals surface area (Å²) in [7, 11) is 1.61. The van der Waals surface area contributed by atoms with Crippen molar-refractivity contribution in [3.05, 3.63) is 36.6 Å². The van der Waals surface area contributed by atoms with Crippen LogP contribution in [0.5, 0.6) is 0 Å². The van der Waals surface area contributed by atoms with Crippen LogP contribution in [0.25, 0.3) is 0 Å². The Kier molecular flexibility index (Phi) is 15.1. The molecule has 0 rings (SSSR count). The molecular formula is C16H28O2. The van der Waals surface area contributed by atoms with Crippen LogP contribution in [0.4, 0.5) is 0 Å². The first-order valence-corrected chi connectivity index (χ1v) is 7.00. The van der Waals surface area contributed by atoms with Crippen LogP contribution in [0.3, 0.4) is 0 Å². The molecule has 0 N–H and O–H groups in total. The molecule has 0 atom stereocenters. The van der Waals surface area contributed by atoms with Gasteiger partial charge >= 0.3 is 0 Å². The van der Waals surface area contributed by atoms with Gasteiger partial charge in [-0.1, -0.05) is 63.3 Å². The van der Waals surface area contributed by atoms with E-state index in [0.717, 1.165) is 0 Å². The van der Waals surface area contributed by atoms with Crippen LogP contribution in [-0.2, 0) is 9.47 Å². The molecule has 0 saturated carbocycles. The maximum atomic E-state index is 5.00. The molecule has 0 saturated heterocycles. The van der Waals surface area contributed by atoms with Crippen LogP contribution in [0, 0.1) is 0 Å². The topological polar surface area (TPSA) is 18.5 Å². The number of hydrogen-bond acceptors (Lipinski definition) is 2. The van der Waals surface area contributed by atoms with Crippen LogP contribution in [-0.4, -0.2) is 13.9 Å². The summed E-state index contributed by atoms with van der Waals surface area (Å²) < 4.78 is 9.73. The van der Waals surface area contributed by atoms with Crippen molar-refractivity contribution in [3.8, 4) is 0 Å². The van der Waals surface area contributed by atoms with Gasteiger partial charge in [0, 0.05) is 7.11 Å². The van der Waals surface area contributed by atoms with Gasteiger partial charge in [-0.05, 0) is 18.9 Å². The first-order chi connectivity index (χ1) is 8.91. The molecule has 0 aliphatic rings. The molecule has 0 amide bonds. The number of methoxy groups -OCH3 is 1. The van der Waals surface area contributed by atoms with Crippen molar-refractivity contribution in [1.29, 1.82) is 0 Å². The van der Waals surface area contributed by atoms with Crippen LogP contribution < -0.4 is 0 Å². The molecular weight excluding hydrogens is 224 g/mol. The van der Waals surface area contributed by atoms with E-state index in [1.807, 2.05) is 18.2 Å². The van der Waals surface area contributed by atoms with Crippen LogP contribution in [0.1, 0.15) is 51.9 Å². The molecule has 0 aromatic heterocycles. The predicted molar refractivity (Wildman–Crippen MR) is 78.4 cm³/mol. The Morgan fingerprint density at radius 1 is 0.833 bits per heavy atom. The van der Waals surface area contributed by atoms with Crippen LogP contribution in [0.15, 0.2) is 36.6 Å². The maximum Gasteiger partial charge on any atom is 0.187 e. The third-order valence-electron chi connectivity index (χ3n) is 2.55. The monoisotopic (exact) mass is 252 g/mol. The Morgan fingerprint density at radius 3 is 2.33 bits per heavy atom. The smallest absolute Gasteiger partial charge is 0.187 e. The van der Waals surface area contributed by atoms with E-state index in [1.165, 1.54) is 44.9 Å². The second-order valence-corrected chi connectivity index (χ2v) is 4.27. The summed E-state index contributed by atoms with van der Waals surface area (Å²) in [5.74, 6) is 0. The Morgan fingerprint density at radius 2 is 1.56 bits per heavy atom. The molecule has 0 spiro atoms. The summed E-state index contributed by atoms with van der Waals surface area (Å²) in [6.45, 7) is 2.56. The standard InChI is InChI=1S/C16H28O2/c1-3-4-5-6-7-8-9-10-11-12-13-14-15-18-16-17-2/h10-15H,3-9,16H2,1-2H3/b11-10+,13-12+,15-14+. The van der Waals surface area contributed by atoms with Crippen molar-refractivity contribution in [2.24, 2.45) is 0 Å². The summed E-state index contributed by atoms with van der Waals surface area (Å²) in [5.41, 5.74) is 0. The second-order valence-electron chi connectivity index (χ2n) is 4.27. The lowest BCUT2D eigenvalue weighted by Gasteiger charge is -1.97. The zero-order chi connectivity index (χ0) is 13.3. The lowest BCUT2D eigenvalue weighted by atomic mass is 10.1. The predicted octanol–water partition coefficient (Wildman–Crippen LogP) is 4.98. The average Bonchev–Trinajstić information content (AvgIpc) is 2.39. The fraction of sp³-hybridized carbons (Fsp3) is 0.625. The van der Waals surface area contributed by atoms with Crippen molar-refractivity contribution in [2.75, 3.05) is 13.9 Å². The van der Waals surface area contributed by atoms with E-state index in [4.69, 9.17) is 9.47 Å². The number of allylic oxidation sites excluding steroid dienone is 5. The number of unbranched alkanes of at least 4 members (excludes halogenated alkanes) is 6. The summed E-state index contributed by atoms with van der Waals surface area (Å²) in [4.78, 5) is 0. The average molecular weight is 252 g/mol. The normalized spacial score (nSPS) is 12.1. The molecule has 0 aromatic rings. The van der Waals surface area contributed by atoms with Crippen molar-refractivity contribution >= 4 is 0 Å². The number of rotatable bonds is 12. The molecule has 0 radical (unpaired) electrons. The minimum Gasteiger partial charge on any atom is -0.475 e. The maximum absolute atomic E-state index is 5.00. The minimum atomic E-state index is 0.304. The van der Waals surface area contributed by atoms with Crippen LogP contribution >= 0.6 is 0 Å². The van der Waals surface area contributed by atoms with E-state index in [1.54, 1.807) is 13.4 Å². The summed E-state index contributed by atoms with van der Waals surface area (Å²) in [5, 5.41) is 0. The van der Waals surface area contributed by atoms with Gasteiger partial charge in [0.1, 0.15) is 0 Å². The van der Waals surface area contributed by atoms with Gasteiger partial charge in [-0.15, -0.1) is 0 Å². The molecule has 0 aromatic carbocycles. The van der Waals surface area contributed by atoms with Gasteiger partial charge in [0.2, 0.25) is 0 Å². The summed E-state index contributed by atoms with van der Waals surface area (Å²) in [6.07, 6.45) is 21.1. The zero-order valence-electron chi connectivity index (χ0n) is 11.9. The lowest BCUT2D eigenvalue weighted by molar-refractivity contribution is 0.0199. The second kappa shape index (κ2) is 16.0. The van der Waals surface area contributed by atoms with Gasteiger partial charge in [0.05, 0.1) is 6.26 Å². The lowest BCUT2D eigenvalue weighted by Crippen LogP contribution is -1.87. The first kappa shape index (κ1) is 17.0. The fourth-order valence-electron chi connectivity index (χ4n) is 1.55. The quantitative estimate of drug-likeness (QED) is 0.211. The first-order valence-electron chi connectivity index (χ1n) is 7.00. The molecule has 0 unspecified atom stereocenters. The Hall–Kier alpha value is -1.02. The molecule has 18 heavy (non-hydrogen) atoms. The van der Waals surface area contributed by atoms with Crippen LogP contribution in [0.2, 0.25) is 0 Å². The van der Waals surface area contributed by atoms with Crippen molar-refractivity contribution < 1.29 is 9.47 Å². The van der Waals surface area contributed by atoms with Gasteiger partial charge in [-0.3, -0.25) is 0 Å². The number of hydrogen-bond donors (Lipinski definition) is 0. The number of ether oxygens (including phenoxy) is 2. The van der Waals surface area contributed by atoms with Gasteiger partial charge in [0.15, 0.2) is 6.79 Å². The summed E-state index contributed by atoms with van der Waals surface area (Å²) in [6, 6.07) is 0. The van der Waals surface area contributed by atoms with Crippen molar-refractivity contribution in [1.82, 2.24) is 0 Å². The molecule has 2 heteroatoms. The Bertz CT molecular complexity index is 229. The largest absolute Gasteiger partial charge is 0.475 e. The zero-order valence-corrected chi connectivity index (χ0v) is 11.9. The molecule has 0 heterocycles. The molecule has 0 aliphatic carbocycles. The Labute approximate surface area is 112 Å². The van der Waals surface area contributed by atoms with E-state index >= 15 is 0 Å². The fourth-order valence-corrected chi connectivity index (χ4v) is 1.55. The molecule has 0 fully saturated rings. The highest BCUT2D eigenvalue weighted by atomic mass is 16.7. The van der Waals surface area contributed by atoms with E-state index in [2.05, 4.69) is 19.1 Å². The van der Waals surface area contributed by atoms with Gasteiger partial charge < -0.3 is 9.47 Å². The third-order valence-corrected chi connectivity index (χ3v) is 2.55. The molecule has 0 aliphatic heterocycles.